The van der Waals surface area contributed by atoms with Gasteiger partial charge in [-0.3, -0.25) is 10.2 Å². The summed E-state index contributed by atoms with van der Waals surface area (Å²) < 4.78 is 1.39. The summed E-state index contributed by atoms with van der Waals surface area (Å²) in [6, 6.07) is 1.38. The molecule has 0 aliphatic carbocycles. The zero-order valence-corrected chi connectivity index (χ0v) is 10.5. The van der Waals surface area contributed by atoms with Crippen LogP contribution in [-0.2, 0) is 0 Å². The molecule has 2 rings (SSSR count). The third-order valence-electron chi connectivity index (χ3n) is 1.84. The second-order valence-electron chi connectivity index (χ2n) is 2.96. The van der Waals surface area contributed by atoms with Crippen molar-refractivity contribution in [1.82, 2.24) is 19.9 Å². The number of hydrogen-bond donors (Lipinski definition) is 2. The Labute approximate surface area is 108 Å². The number of aromatic nitrogens is 4. The monoisotopic (exact) mass is 317 g/mol. The highest BCUT2D eigenvalue weighted by Crippen LogP contribution is 2.18. The third-order valence-corrected chi connectivity index (χ3v) is 2.68. The van der Waals surface area contributed by atoms with Crippen molar-refractivity contribution in [2.75, 3.05) is 5.43 Å². The summed E-state index contributed by atoms with van der Waals surface area (Å²) in [5.74, 6) is -0.510. The topological polar surface area (TPSA) is 92.7 Å². The van der Waals surface area contributed by atoms with Crippen LogP contribution in [0.3, 0.4) is 0 Å². The molecule has 0 spiro atoms. The Bertz CT molecular complexity index is 622. The molecule has 0 atom stereocenters. The predicted octanol–water partition coefficient (Wildman–Crippen LogP) is 0.766. The quantitative estimate of drug-likeness (QED) is 0.800. The van der Waals surface area contributed by atoms with Gasteiger partial charge in [0.05, 0.1) is 5.56 Å². The molecule has 0 aliphatic rings. The molecule has 7 nitrogen and oxygen atoms in total. The molecule has 17 heavy (non-hydrogen) atoms. The van der Waals surface area contributed by atoms with Crippen molar-refractivity contribution in [2.24, 2.45) is 0 Å². The maximum absolute atomic E-state index is 11.8. The number of nitrogens with zero attached hydrogens (tertiary/aromatic N) is 3. The Morgan fingerprint density at radius 2 is 2.35 bits per heavy atom. The summed E-state index contributed by atoms with van der Waals surface area (Å²) in [5, 5.41) is 5.79. The zero-order valence-electron chi connectivity index (χ0n) is 8.15. The maximum Gasteiger partial charge on any atom is 0.362 e. The fourth-order valence-electron chi connectivity index (χ4n) is 1.08. The summed E-state index contributed by atoms with van der Waals surface area (Å²) >= 11 is 8.84. The fraction of sp³-hybridized carbons (Fsp3) is 0. The molecule has 0 fully saturated rings. The van der Waals surface area contributed by atoms with Crippen LogP contribution in [0.4, 0.5) is 0 Å². The van der Waals surface area contributed by atoms with Gasteiger partial charge >= 0.3 is 5.69 Å². The lowest BCUT2D eigenvalue weighted by atomic mass is 10.2. The van der Waals surface area contributed by atoms with E-state index in [0.29, 0.717) is 4.47 Å². The highest BCUT2D eigenvalue weighted by Gasteiger charge is 2.12. The van der Waals surface area contributed by atoms with Gasteiger partial charge in [-0.15, -0.1) is 0 Å². The van der Waals surface area contributed by atoms with Crippen molar-refractivity contribution in [3.63, 3.8) is 0 Å². The van der Waals surface area contributed by atoms with Gasteiger partial charge in [0.15, 0.2) is 0 Å². The largest absolute Gasteiger partial charge is 0.362 e. The first-order valence-electron chi connectivity index (χ1n) is 4.32. The van der Waals surface area contributed by atoms with E-state index in [1.165, 1.54) is 12.3 Å². The Morgan fingerprint density at radius 3 is 3.00 bits per heavy atom. The number of nitrogens with one attached hydrogen (secondary N) is 2. The lowest BCUT2D eigenvalue weighted by Crippen LogP contribution is -2.31. The van der Waals surface area contributed by atoms with E-state index in [-0.39, 0.29) is 10.7 Å². The van der Waals surface area contributed by atoms with Crippen molar-refractivity contribution in [3.05, 3.63) is 44.3 Å². The summed E-state index contributed by atoms with van der Waals surface area (Å²) in [6.45, 7) is 0. The van der Waals surface area contributed by atoms with Gasteiger partial charge in [0.1, 0.15) is 11.5 Å². The summed E-state index contributed by atoms with van der Waals surface area (Å²) in [4.78, 5) is 26.7. The van der Waals surface area contributed by atoms with Crippen LogP contribution >= 0.6 is 27.5 Å². The molecular formula is C8H5BrClN5O2. The van der Waals surface area contributed by atoms with E-state index in [1.807, 2.05) is 0 Å². The van der Waals surface area contributed by atoms with E-state index in [0.717, 1.165) is 11.0 Å². The molecule has 2 aromatic rings. The van der Waals surface area contributed by atoms with Crippen LogP contribution in [0, 0.1) is 0 Å². The molecule has 0 aliphatic heterocycles. The molecule has 0 radical (unpaired) electrons. The molecular weight excluding hydrogens is 313 g/mol. The lowest BCUT2D eigenvalue weighted by molar-refractivity contribution is 0.101. The molecule has 2 heterocycles. The number of amides is 1. The van der Waals surface area contributed by atoms with Crippen molar-refractivity contribution in [3.8, 4) is 0 Å². The third kappa shape index (κ3) is 2.53. The van der Waals surface area contributed by atoms with Crippen molar-refractivity contribution < 1.29 is 4.79 Å². The molecule has 1 amide bonds. The van der Waals surface area contributed by atoms with Gasteiger partial charge in [0, 0.05) is 10.7 Å². The van der Waals surface area contributed by atoms with E-state index >= 15 is 0 Å². The van der Waals surface area contributed by atoms with Crippen LogP contribution in [-0.4, -0.2) is 25.8 Å². The van der Waals surface area contributed by atoms with Crippen LogP contribution < -0.4 is 11.1 Å². The summed E-state index contributed by atoms with van der Waals surface area (Å²) in [5.41, 5.74) is 2.05. The zero-order chi connectivity index (χ0) is 12.4. The van der Waals surface area contributed by atoms with Crippen LogP contribution in [0.5, 0.6) is 0 Å². The van der Waals surface area contributed by atoms with E-state index in [1.54, 1.807) is 0 Å². The minimum atomic E-state index is -0.547. The number of hydrogen-bond acceptors (Lipinski definition) is 4. The Morgan fingerprint density at radius 1 is 1.59 bits per heavy atom. The van der Waals surface area contributed by atoms with Gasteiger partial charge in [-0.25, -0.2) is 14.9 Å². The van der Waals surface area contributed by atoms with Crippen molar-refractivity contribution in [2.45, 2.75) is 0 Å². The molecule has 88 valence electrons. The van der Waals surface area contributed by atoms with E-state index < -0.39 is 11.6 Å². The number of halogens is 2. The molecule has 2 aromatic heterocycles. The van der Waals surface area contributed by atoms with E-state index in [9.17, 15) is 9.59 Å². The van der Waals surface area contributed by atoms with Crippen molar-refractivity contribution in [1.29, 1.82) is 0 Å². The highest BCUT2D eigenvalue weighted by molar-refractivity contribution is 9.10. The predicted molar refractivity (Wildman–Crippen MR) is 63.5 cm³/mol. The minimum Gasteiger partial charge on any atom is -0.267 e. The van der Waals surface area contributed by atoms with E-state index in [2.05, 4.69) is 36.5 Å². The maximum atomic E-state index is 11.8. The minimum absolute atomic E-state index is 0.179. The first-order chi connectivity index (χ1) is 8.08. The van der Waals surface area contributed by atoms with Gasteiger partial charge in [-0.1, -0.05) is 11.6 Å². The number of carbonyl (C=O) groups excluding carboxylic acids is 1. The second-order valence-corrected chi connectivity index (χ2v) is 4.20. The average molecular weight is 319 g/mol. The molecule has 0 saturated carbocycles. The highest BCUT2D eigenvalue weighted by atomic mass is 79.9. The smallest absolute Gasteiger partial charge is 0.267 e. The first kappa shape index (κ1) is 11.8. The Kier molecular flexibility index (Phi) is 3.25. The molecule has 0 aromatic carbocycles. The van der Waals surface area contributed by atoms with Crippen LogP contribution in [0.2, 0.25) is 5.15 Å². The van der Waals surface area contributed by atoms with Crippen LogP contribution in [0.15, 0.2) is 27.9 Å². The number of H-pyrrole nitrogens is 1. The van der Waals surface area contributed by atoms with Gasteiger partial charge in [0.2, 0.25) is 0 Å². The fourth-order valence-corrected chi connectivity index (χ4v) is 1.64. The SMILES string of the molecule is O=C(Nn1cn[nH]c1=O)c1cc(Cl)ncc1Br. The number of pyridine rings is 1. The van der Waals surface area contributed by atoms with Gasteiger partial charge in [-0.2, -0.15) is 9.77 Å². The molecule has 0 saturated heterocycles. The molecule has 2 N–H and O–H groups in total. The average Bonchev–Trinajstić information content (AvgIpc) is 2.68. The normalized spacial score (nSPS) is 10.2. The van der Waals surface area contributed by atoms with Crippen LogP contribution in [0.1, 0.15) is 10.4 Å². The van der Waals surface area contributed by atoms with Gasteiger partial charge in [-0.05, 0) is 22.0 Å². The van der Waals surface area contributed by atoms with Crippen molar-refractivity contribution >= 4 is 33.4 Å². The summed E-state index contributed by atoms with van der Waals surface area (Å²) in [6.07, 6.45) is 2.55. The van der Waals surface area contributed by atoms with Crippen LogP contribution in [0.25, 0.3) is 0 Å². The Balaban J connectivity index is 2.29. The second kappa shape index (κ2) is 4.68. The molecule has 0 unspecified atom stereocenters. The Hall–Kier alpha value is -1.67. The van der Waals surface area contributed by atoms with E-state index in [4.69, 9.17) is 11.6 Å². The first-order valence-corrected chi connectivity index (χ1v) is 5.49. The summed E-state index contributed by atoms with van der Waals surface area (Å²) in [7, 11) is 0. The standard InChI is InChI=1S/C8H5BrClN5O2/c9-5-2-11-6(10)1-4(5)7(16)14-15-3-12-13-8(15)17/h1-3H,(H,13,17)(H,14,16). The van der Waals surface area contributed by atoms with Gasteiger partial charge in [0.25, 0.3) is 5.91 Å². The molecule has 9 heteroatoms. The number of rotatable bonds is 2. The lowest BCUT2D eigenvalue weighted by Gasteiger charge is -2.05. The molecule has 0 bridgehead atoms. The number of carbonyl (C=O) groups is 1. The number of aromatic amines is 1. The van der Waals surface area contributed by atoms with Gasteiger partial charge < -0.3 is 0 Å².